The lowest BCUT2D eigenvalue weighted by atomic mass is 10.3. The SMILES string of the molecule is COCCNCCN(C)CC=C(C)C. The van der Waals surface area contributed by atoms with Gasteiger partial charge in [0.2, 0.25) is 0 Å². The summed E-state index contributed by atoms with van der Waals surface area (Å²) in [5, 5.41) is 3.32. The Morgan fingerprint density at radius 3 is 2.64 bits per heavy atom. The Kier molecular flexibility index (Phi) is 8.94. The number of allylic oxidation sites excluding steroid dienone is 1. The van der Waals surface area contributed by atoms with Crippen molar-refractivity contribution in [2.45, 2.75) is 13.8 Å². The minimum atomic E-state index is 0.789. The van der Waals surface area contributed by atoms with Crippen molar-refractivity contribution < 1.29 is 4.74 Å². The molecule has 0 unspecified atom stereocenters. The molecule has 0 saturated carbocycles. The molecule has 0 saturated heterocycles. The van der Waals surface area contributed by atoms with Gasteiger partial charge in [-0.05, 0) is 20.9 Å². The number of methoxy groups -OCH3 is 1. The largest absolute Gasteiger partial charge is 0.383 e. The zero-order valence-corrected chi connectivity index (χ0v) is 9.97. The van der Waals surface area contributed by atoms with Gasteiger partial charge in [0.15, 0.2) is 0 Å². The summed E-state index contributed by atoms with van der Waals surface area (Å²) in [4.78, 5) is 2.30. The maximum atomic E-state index is 4.94. The summed E-state index contributed by atoms with van der Waals surface area (Å²) in [7, 11) is 3.86. The molecule has 0 aromatic carbocycles. The summed E-state index contributed by atoms with van der Waals surface area (Å²) in [6.07, 6.45) is 2.25. The zero-order valence-electron chi connectivity index (χ0n) is 9.97. The second kappa shape index (κ2) is 9.19. The van der Waals surface area contributed by atoms with Gasteiger partial charge in [-0.25, -0.2) is 0 Å². The summed E-state index contributed by atoms with van der Waals surface area (Å²) in [6.45, 7) is 9.12. The monoisotopic (exact) mass is 200 g/mol. The average molecular weight is 200 g/mol. The van der Waals surface area contributed by atoms with Crippen molar-refractivity contribution in [3.05, 3.63) is 11.6 Å². The smallest absolute Gasteiger partial charge is 0.0587 e. The molecule has 0 aliphatic carbocycles. The minimum absolute atomic E-state index is 0.789. The van der Waals surface area contributed by atoms with E-state index < -0.39 is 0 Å². The Hall–Kier alpha value is -0.380. The van der Waals surface area contributed by atoms with E-state index in [-0.39, 0.29) is 0 Å². The van der Waals surface area contributed by atoms with E-state index in [9.17, 15) is 0 Å². The predicted octanol–water partition coefficient (Wildman–Crippen LogP) is 1.12. The van der Waals surface area contributed by atoms with Gasteiger partial charge in [0, 0.05) is 33.3 Å². The molecule has 0 spiro atoms. The Morgan fingerprint density at radius 1 is 1.36 bits per heavy atom. The fourth-order valence-corrected chi connectivity index (χ4v) is 0.999. The predicted molar refractivity (Wildman–Crippen MR) is 61.7 cm³/mol. The van der Waals surface area contributed by atoms with Crippen molar-refractivity contribution in [1.29, 1.82) is 0 Å². The first-order valence-electron chi connectivity index (χ1n) is 5.18. The number of ether oxygens (including phenoxy) is 1. The van der Waals surface area contributed by atoms with Gasteiger partial charge in [-0.15, -0.1) is 0 Å². The molecule has 14 heavy (non-hydrogen) atoms. The Balaban J connectivity index is 3.27. The molecular formula is C11H24N2O. The van der Waals surface area contributed by atoms with Crippen LogP contribution in [0.4, 0.5) is 0 Å². The van der Waals surface area contributed by atoms with Gasteiger partial charge in [-0.2, -0.15) is 0 Å². The van der Waals surface area contributed by atoms with Crippen molar-refractivity contribution >= 4 is 0 Å². The van der Waals surface area contributed by atoms with Gasteiger partial charge in [0.05, 0.1) is 6.61 Å². The lowest BCUT2D eigenvalue weighted by Gasteiger charge is -2.14. The molecule has 1 N–H and O–H groups in total. The molecule has 0 rings (SSSR count). The van der Waals surface area contributed by atoms with Crippen LogP contribution in [0.1, 0.15) is 13.8 Å². The molecular weight excluding hydrogens is 176 g/mol. The minimum Gasteiger partial charge on any atom is -0.383 e. The van der Waals surface area contributed by atoms with Crippen molar-refractivity contribution in [1.82, 2.24) is 10.2 Å². The zero-order chi connectivity index (χ0) is 10.8. The molecule has 0 radical (unpaired) electrons. The van der Waals surface area contributed by atoms with Gasteiger partial charge in [0.25, 0.3) is 0 Å². The summed E-state index contributed by atoms with van der Waals surface area (Å²) in [6, 6.07) is 0. The van der Waals surface area contributed by atoms with Gasteiger partial charge in [-0.3, -0.25) is 0 Å². The first-order chi connectivity index (χ1) is 6.66. The van der Waals surface area contributed by atoms with Crippen molar-refractivity contribution in [3.8, 4) is 0 Å². The highest BCUT2D eigenvalue weighted by atomic mass is 16.5. The highest BCUT2D eigenvalue weighted by molar-refractivity contribution is 4.94. The average Bonchev–Trinajstić information content (AvgIpc) is 2.14. The number of hydrogen-bond acceptors (Lipinski definition) is 3. The third kappa shape index (κ3) is 9.71. The van der Waals surface area contributed by atoms with Crippen LogP contribution in [0.15, 0.2) is 11.6 Å². The van der Waals surface area contributed by atoms with Gasteiger partial charge < -0.3 is 15.0 Å². The topological polar surface area (TPSA) is 24.5 Å². The molecule has 0 aliphatic rings. The molecule has 0 aromatic heterocycles. The molecule has 0 amide bonds. The van der Waals surface area contributed by atoms with Crippen LogP contribution < -0.4 is 5.32 Å². The number of likely N-dealkylation sites (N-methyl/N-ethyl adjacent to an activating group) is 1. The molecule has 0 aliphatic heterocycles. The first-order valence-corrected chi connectivity index (χ1v) is 5.18. The number of nitrogens with one attached hydrogen (secondary N) is 1. The quantitative estimate of drug-likeness (QED) is 0.469. The van der Waals surface area contributed by atoms with E-state index in [4.69, 9.17) is 4.74 Å². The molecule has 0 atom stereocenters. The van der Waals surface area contributed by atoms with Crippen molar-refractivity contribution in [3.63, 3.8) is 0 Å². The highest BCUT2D eigenvalue weighted by Crippen LogP contribution is 1.90. The van der Waals surface area contributed by atoms with Gasteiger partial charge >= 0.3 is 0 Å². The summed E-state index contributed by atoms with van der Waals surface area (Å²) < 4.78 is 4.94. The fourth-order valence-electron chi connectivity index (χ4n) is 0.999. The van der Waals surface area contributed by atoms with E-state index >= 15 is 0 Å². The van der Waals surface area contributed by atoms with Crippen LogP contribution in [0.5, 0.6) is 0 Å². The van der Waals surface area contributed by atoms with E-state index in [0.29, 0.717) is 0 Å². The number of nitrogens with zero attached hydrogens (tertiary/aromatic N) is 1. The molecule has 84 valence electrons. The fraction of sp³-hybridized carbons (Fsp3) is 0.818. The number of rotatable bonds is 8. The van der Waals surface area contributed by atoms with Crippen molar-refractivity contribution in [2.24, 2.45) is 0 Å². The van der Waals surface area contributed by atoms with Crippen LogP contribution in [0.3, 0.4) is 0 Å². The van der Waals surface area contributed by atoms with E-state index in [2.05, 4.69) is 37.2 Å². The Labute approximate surface area is 88.1 Å². The number of hydrogen-bond donors (Lipinski definition) is 1. The van der Waals surface area contributed by atoms with Crippen LogP contribution in [-0.4, -0.2) is 51.8 Å². The highest BCUT2D eigenvalue weighted by Gasteiger charge is 1.94. The van der Waals surface area contributed by atoms with E-state index in [1.165, 1.54) is 5.57 Å². The van der Waals surface area contributed by atoms with Crippen LogP contribution in [0.2, 0.25) is 0 Å². The maximum Gasteiger partial charge on any atom is 0.0587 e. The van der Waals surface area contributed by atoms with Gasteiger partial charge in [-0.1, -0.05) is 11.6 Å². The van der Waals surface area contributed by atoms with Crippen LogP contribution >= 0.6 is 0 Å². The van der Waals surface area contributed by atoms with E-state index in [1.807, 2.05) is 0 Å². The standard InChI is InChI=1S/C11H24N2O/c1-11(2)5-8-13(3)9-6-12-7-10-14-4/h5,12H,6-10H2,1-4H3. The first kappa shape index (κ1) is 13.6. The third-order valence-corrected chi connectivity index (χ3v) is 1.96. The van der Waals surface area contributed by atoms with Crippen LogP contribution in [0, 0.1) is 0 Å². The summed E-state index contributed by atoms with van der Waals surface area (Å²) in [5.74, 6) is 0. The molecule has 0 bridgehead atoms. The maximum absolute atomic E-state index is 4.94. The van der Waals surface area contributed by atoms with E-state index in [0.717, 1.165) is 32.8 Å². The van der Waals surface area contributed by atoms with E-state index in [1.54, 1.807) is 7.11 Å². The van der Waals surface area contributed by atoms with Gasteiger partial charge in [0.1, 0.15) is 0 Å². The van der Waals surface area contributed by atoms with Crippen LogP contribution in [-0.2, 0) is 4.74 Å². The molecule has 3 nitrogen and oxygen atoms in total. The third-order valence-electron chi connectivity index (χ3n) is 1.96. The second-order valence-corrected chi connectivity index (χ2v) is 3.79. The van der Waals surface area contributed by atoms with Crippen molar-refractivity contribution in [2.75, 3.05) is 46.9 Å². The Morgan fingerprint density at radius 2 is 2.07 bits per heavy atom. The molecule has 0 heterocycles. The lowest BCUT2D eigenvalue weighted by Crippen LogP contribution is -2.31. The summed E-state index contributed by atoms with van der Waals surface area (Å²) in [5.41, 5.74) is 1.38. The molecule has 0 fully saturated rings. The second-order valence-electron chi connectivity index (χ2n) is 3.79. The van der Waals surface area contributed by atoms with Crippen LogP contribution in [0.25, 0.3) is 0 Å². The molecule has 3 heteroatoms. The molecule has 0 aromatic rings. The Bertz CT molecular complexity index is 153. The lowest BCUT2D eigenvalue weighted by molar-refractivity contribution is 0.198. The normalized spacial score (nSPS) is 10.6. The summed E-state index contributed by atoms with van der Waals surface area (Å²) >= 11 is 0.